The van der Waals surface area contributed by atoms with E-state index in [9.17, 15) is 0 Å². The summed E-state index contributed by atoms with van der Waals surface area (Å²) in [4.78, 5) is 3.87. The van der Waals surface area contributed by atoms with E-state index >= 15 is 0 Å². The summed E-state index contributed by atoms with van der Waals surface area (Å²) in [6, 6.07) is 0. The first-order chi connectivity index (χ1) is 7.00. The van der Waals surface area contributed by atoms with Crippen LogP contribution in [-0.4, -0.2) is 5.55 Å². The average Bonchev–Trinajstić information content (AvgIpc) is 2.68. The number of nitrogens with zero attached hydrogens (tertiary/aromatic N) is 1. The van der Waals surface area contributed by atoms with Crippen molar-refractivity contribution in [3.63, 3.8) is 0 Å². The summed E-state index contributed by atoms with van der Waals surface area (Å²) in [6.45, 7) is 0. The SMILES string of the molecule is C1=CC=CCC=C1.C1=CN=CSC=C1. The minimum Gasteiger partial charge on any atom is -0.258 e. The fourth-order valence-corrected chi connectivity index (χ4v) is 1.21. The Morgan fingerprint density at radius 1 is 0.857 bits per heavy atom. The molecule has 0 bridgehead atoms. The van der Waals surface area contributed by atoms with Gasteiger partial charge in [-0.2, -0.15) is 0 Å². The summed E-state index contributed by atoms with van der Waals surface area (Å²) >= 11 is 1.58. The highest BCUT2D eigenvalue weighted by Gasteiger charge is 1.72. The van der Waals surface area contributed by atoms with Gasteiger partial charge in [0.15, 0.2) is 0 Å². The van der Waals surface area contributed by atoms with Crippen LogP contribution >= 0.6 is 11.8 Å². The zero-order valence-corrected chi connectivity index (χ0v) is 8.73. The first-order valence-corrected chi connectivity index (χ1v) is 5.41. The van der Waals surface area contributed by atoms with Crippen LogP contribution in [0.4, 0.5) is 0 Å². The standard InChI is InChI=1S/C7H8.C5H5NS/c1-2-4-6-7-5-3-1;1-2-4-7-5-6-3-1/h1-6H,7H2;1-5H. The first-order valence-electron chi connectivity index (χ1n) is 4.47. The van der Waals surface area contributed by atoms with Crippen LogP contribution in [0.5, 0.6) is 0 Å². The second kappa shape index (κ2) is 8.32. The summed E-state index contributed by atoms with van der Waals surface area (Å²) in [5, 5.41) is 1.98. The van der Waals surface area contributed by atoms with E-state index in [1.165, 1.54) is 0 Å². The van der Waals surface area contributed by atoms with E-state index in [0.717, 1.165) is 6.42 Å². The van der Waals surface area contributed by atoms with Crippen molar-refractivity contribution >= 4 is 17.3 Å². The molecular formula is C12H13NS. The van der Waals surface area contributed by atoms with E-state index in [2.05, 4.69) is 29.3 Å². The molecule has 2 rings (SSSR count). The monoisotopic (exact) mass is 203 g/mol. The lowest BCUT2D eigenvalue weighted by atomic mass is 10.4. The molecule has 0 aromatic carbocycles. The van der Waals surface area contributed by atoms with Crippen LogP contribution in [0.3, 0.4) is 0 Å². The van der Waals surface area contributed by atoms with Gasteiger partial charge in [-0.3, -0.25) is 4.99 Å². The lowest BCUT2D eigenvalue weighted by Gasteiger charge is -1.69. The van der Waals surface area contributed by atoms with Gasteiger partial charge in [-0.15, -0.1) is 0 Å². The predicted octanol–water partition coefficient (Wildman–Crippen LogP) is 3.85. The Bertz CT molecular complexity index is 246. The maximum absolute atomic E-state index is 3.87. The fourth-order valence-electron chi connectivity index (χ4n) is 0.817. The largest absolute Gasteiger partial charge is 0.258 e. The number of rotatable bonds is 0. The predicted molar refractivity (Wildman–Crippen MR) is 66.4 cm³/mol. The molecule has 0 amide bonds. The second-order valence-corrected chi connectivity index (χ2v) is 3.29. The smallest absolute Gasteiger partial charge is 0.0638 e. The number of thioether (sulfide) groups is 1. The number of hydrogen-bond acceptors (Lipinski definition) is 2. The maximum atomic E-state index is 3.87. The lowest BCUT2D eigenvalue weighted by molar-refractivity contribution is 1.41. The molecule has 2 aliphatic rings. The molecular weight excluding hydrogens is 190 g/mol. The molecule has 0 saturated carbocycles. The molecule has 0 unspecified atom stereocenters. The molecule has 0 saturated heterocycles. The van der Waals surface area contributed by atoms with Crippen LogP contribution in [0.1, 0.15) is 6.42 Å². The molecule has 0 radical (unpaired) electrons. The van der Waals surface area contributed by atoms with Gasteiger partial charge in [0, 0.05) is 6.20 Å². The molecule has 1 heterocycles. The van der Waals surface area contributed by atoms with E-state index in [-0.39, 0.29) is 0 Å². The number of aliphatic imine (C=N–C) groups is 1. The van der Waals surface area contributed by atoms with Crippen molar-refractivity contribution in [3.8, 4) is 0 Å². The molecule has 0 spiro atoms. The van der Waals surface area contributed by atoms with Crippen LogP contribution in [0.15, 0.2) is 65.2 Å². The van der Waals surface area contributed by atoms with Crippen LogP contribution in [0.25, 0.3) is 0 Å². The van der Waals surface area contributed by atoms with E-state index < -0.39 is 0 Å². The normalized spacial score (nSPS) is 17.1. The van der Waals surface area contributed by atoms with Crippen LogP contribution in [0, 0.1) is 0 Å². The Morgan fingerprint density at radius 2 is 1.64 bits per heavy atom. The molecule has 0 aromatic heterocycles. The Morgan fingerprint density at radius 3 is 2.43 bits per heavy atom. The summed E-state index contributed by atoms with van der Waals surface area (Å²) in [6.07, 6.45) is 19.1. The molecule has 2 heteroatoms. The third kappa shape index (κ3) is 6.26. The van der Waals surface area contributed by atoms with Crippen LogP contribution < -0.4 is 0 Å². The highest BCUT2D eigenvalue weighted by atomic mass is 32.2. The zero-order valence-electron chi connectivity index (χ0n) is 7.91. The molecule has 14 heavy (non-hydrogen) atoms. The Balaban J connectivity index is 0.000000140. The molecule has 72 valence electrons. The zero-order chi connectivity index (χ0) is 9.90. The van der Waals surface area contributed by atoms with Crippen LogP contribution in [-0.2, 0) is 0 Å². The van der Waals surface area contributed by atoms with Gasteiger partial charge < -0.3 is 0 Å². The molecule has 0 fully saturated rings. The minimum atomic E-state index is 1.08. The Labute approximate surface area is 89.3 Å². The number of allylic oxidation sites excluding steroid dienone is 8. The average molecular weight is 203 g/mol. The van der Waals surface area contributed by atoms with Gasteiger partial charge in [0.05, 0.1) is 5.55 Å². The highest BCUT2D eigenvalue weighted by molar-refractivity contribution is 8.14. The second-order valence-electron chi connectivity index (χ2n) is 2.54. The summed E-state index contributed by atoms with van der Waals surface area (Å²) < 4.78 is 0. The van der Waals surface area contributed by atoms with Gasteiger partial charge in [0.2, 0.25) is 0 Å². The van der Waals surface area contributed by atoms with Crippen molar-refractivity contribution in [1.29, 1.82) is 0 Å². The summed E-state index contributed by atoms with van der Waals surface area (Å²) in [7, 11) is 0. The van der Waals surface area contributed by atoms with E-state index in [4.69, 9.17) is 0 Å². The van der Waals surface area contributed by atoms with Gasteiger partial charge in [-0.25, -0.2) is 0 Å². The molecule has 0 N–H and O–H groups in total. The third-order valence-electron chi connectivity index (χ3n) is 1.44. The maximum Gasteiger partial charge on any atom is 0.0638 e. The van der Waals surface area contributed by atoms with Gasteiger partial charge >= 0.3 is 0 Å². The lowest BCUT2D eigenvalue weighted by Crippen LogP contribution is -1.48. The highest BCUT2D eigenvalue weighted by Crippen LogP contribution is 1.99. The van der Waals surface area contributed by atoms with Crippen molar-refractivity contribution in [3.05, 3.63) is 60.2 Å². The Kier molecular flexibility index (Phi) is 6.42. The fraction of sp³-hybridized carbons (Fsp3) is 0.0833. The van der Waals surface area contributed by atoms with Gasteiger partial charge in [0.1, 0.15) is 0 Å². The quantitative estimate of drug-likeness (QED) is 0.582. The van der Waals surface area contributed by atoms with Crippen LogP contribution in [0.2, 0.25) is 0 Å². The molecule has 0 atom stereocenters. The van der Waals surface area contributed by atoms with E-state index in [1.807, 2.05) is 29.7 Å². The summed E-state index contributed by atoms with van der Waals surface area (Å²) in [5.74, 6) is 0. The van der Waals surface area contributed by atoms with Crippen molar-refractivity contribution in [2.45, 2.75) is 6.42 Å². The van der Waals surface area contributed by atoms with Crippen molar-refractivity contribution in [1.82, 2.24) is 0 Å². The molecule has 1 aliphatic heterocycles. The topological polar surface area (TPSA) is 12.4 Å². The van der Waals surface area contributed by atoms with Crippen molar-refractivity contribution in [2.24, 2.45) is 4.99 Å². The van der Waals surface area contributed by atoms with E-state index in [1.54, 1.807) is 23.5 Å². The van der Waals surface area contributed by atoms with Crippen molar-refractivity contribution < 1.29 is 0 Å². The molecule has 1 aliphatic carbocycles. The first kappa shape index (κ1) is 10.8. The Hall–Kier alpha value is -1.28. The molecule has 0 aromatic rings. The van der Waals surface area contributed by atoms with Gasteiger partial charge in [-0.05, 0) is 17.9 Å². The number of hydrogen-bond donors (Lipinski definition) is 0. The van der Waals surface area contributed by atoms with Crippen molar-refractivity contribution in [2.75, 3.05) is 0 Å². The molecule has 1 nitrogen and oxygen atoms in total. The third-order valence-corrected chi connectivity index (χ3v) is 2.00. The van der Waals surface area contributed by atoms with Gasteiger partial charge in [-0.1, -0.05) is 54.3 Å². The minimum absolute atomic E-state index is 1.08. The van der Waals surface area contributed by atoms with E-state index in [0.29, 0.717) is 0 Å². The summed E-state index contributed by atoms with van der Waals surface area (Å²) in [5.41, 5.74) is 1.79. The van der Waals surface area contributed by atoms with Gasteiger partial charge in [0.25, 0.3) is 0 Å².